The zero-order chi connectivity index (χ0) is 20.7. The van der Waals surface area contributed by atoms with E-state index >= 15 is 0 Å². The van der Waals surface area contributed by atoms with Crippen molar-refractivity contribution in [1.82, 2.24) is 4.57 Å². The summed E-state index contributed by atoms with van der Waals surface area (Å²) in [6, 6.07) is 34.7. The van der Waals surface area contributed by atoms with Crippen LogP contribution in [-0.4, -0.2) is 4.57 Å². The lowest BCUT2D eigenvalue weighted by atomic mass is 9.99. The van der Waals surface area contributed by atoms with E-state index < -0.39 is 0 Å². The molecular formula is C28H25N2+. The van der Waals surface area contributed by atoms with Gasteiger partial charge in [-0.2, -0.15) is 4.57 Å². The number of nitrogens with zero attached hydrogens (tertiary/aromatic N) is 2. The molecule has 0 bridgehead atoms. The van der Waals surface area contributed by atoms with Crippen molar-refractivity contribution in [1.29, 1.82) is 0 Å². The Kier molecular flexibility index (Phi) is 4.48. The fourth-order valence-electron chi connectivity index (χ4n) is 4.28. The Morgan fingerprint density at radius 3 is 2.10 bits per heavy atom. The third kappa shape index (κ3) is 3.02. The second kappa shape index (κ2) is 7.31. The minimum Gasteiger partial charge on any atom is -0.225 e. The van der Waals surface area contributed by atoms with Crippen LogP contribution >= 0.6 is 0 Å². The van der Waals surface area contributed by atoms with Crippen molar-refractivity contribution < 1.29 is 4.57 Å². The van der Waals surface area contributed by atoms with Gasteiger partial charge in [-0.3, -0.25) is 0 Å². The molecule has 0 saturated heterocycles. The molecule has 0 radical (unpaired) electrons. The number of para-hydroxylation sites is 1. The highest BCUT2D eigenvalue weighted by molar-refractivity contribution is 5.81. The van der Waals surface area contributed by atoms with Crippen molar-refractivity contribution in [2.45, 2.75) is 13.8 Å². The van der Waals surface area contributed by atoms with Gasteiger partial charge in [0.2, 0.25) is 0 Å². The van der Waals surface area contributed by atoms with Gasteiger partial charge >= 0.3 is 0 Å². The van der Waals surface area contributed by atoms with E-state index in [1.807, 2.05) is 0 Å². The van der Waals surface area contributed by atoms with E-state index in [-0.39, 0.29) is 0 Å². The molecule has 0 spiro atoms. The molecule has 5 rings (SSSR count). The van der Waals surface area contributed by atoms with Crippen LogP contribution in [0.15, 0.2) is 97.1 Å². The van der Waals surface area contributed by atoms with Crippen LogP contribution in [0.2, 0.25) is 0 Å². The highest BCUT2D eigenvalue weighted by Crippen LogP contribution is 2.32. The second-order valence-corrected chi connectivity index (χ2v) is 7.94. The third-order valence-corrected chi connectivity index (χ3v) is 5.86. The molecule has 30 heavy (non-hydrogen) atoms. The van der Waals surface area contributed by atoms with Gasteiger partial charge in [0.25, 0.3) is 5.82 Å². The maximum Gasteiger partial charge on any atom is 0.295 e. The molecule has 4 aromatic carbocycles. The number of rotatable bonds is 3. The molecule has 1 aromatic heterocycles. The molecule has 2 heteroatoms. The lowest BCUT2D eigenvalue weighted by Crippen LogP contribution is -2.30. The van der Waals surface area contributed by atoms with E-state index in [1.54, 1.807) is 0 Å². The molecule has 0 fully saturated rings. The van der Waals surface area contributed by atoms with Crippen molar-refractivity contribution >= 4 is 11.0 Å². The predicted octanol–water partition coefficient (Wildman–Crippen LogP) is 6.41. The van der Waals surface area contributed by atoms with Crippen LogP contribution in [0.3, 0.4) is 0 Å². The molecule has 0 aliphatic heterocycles. The summed E-state index contributed by atoms with van der Waals surface area (Å²) >= 11 is 0. The third-order valence-electron chi connectivity index (χ3n) is 5.86. The van der Waals surface area contributed by atoms with Crippen LogP contribution in [0.4, 0.5) is 0 Å². The van der Waals surface area contributed by atoms with Crippen molar-refractivity contribution in [2.24, 2.45) is 7.05 Å². The quantitative estimate of drug-likeness (QED) is 0.315. The Hall–Kier alpha value is -3.65. The molecule has 0 atom stereocenters. The average Bonchev–Trinajstić information content (AvgIpc) is 3.07. The topological polar surface area (TPSA) is 8.81 Å². The lowest BCUT2D eigenvalue weighted by molar-refractivity contribution is -0.633. The number of fused-ring (bicyclic) bond motifs is 1. The van der Waals surface area contributed by atoms with Crippen molar-refractivity contribution in [3.8, 4) is 28.2 Å². The molecule has 146 valence electrons. The Balaban J connectivity index is 1.85. The second-order valence-electron chi connectivity index (χ2n) is 7.94. The summed E-state index contributed by atoms with van der Waals surface area (Å²) in [5.41, 5.74) is 9.87. The highest BCUT2D eigenvalue weighted by Gasteiger charge is 2.27. The monoisotopic (exact) mass is 389 g/mol. The number of benzene rings is 4. The van der Waals surface area contributed by atoms with Crippen molar-refractivity contribution in [3.05, 3.63) is 108 Å². The smallest absolute Gasteiger partial charge is 0.225 e. The van der Waals surface area contributed by atoms with E-state index in [0.29, 0.717) is 0 Å². The summed E-state index contributed by atoms with van der Waals surface area (Å²) in [5, 5.41) is 0. The Morgan fingerprint density at radius 2 is 1.37 bits per heavy atom. The molecule has 0 saturated carbocycles. The van der Waals surface area contributed by atoms with Gasteiger partial charge in [0, 0.05) is 0 Å². The van der Waals surface area contributed by atoms with E-state index in [9.17, 15) is 0 Å². The van der Waals surface area contributed by atoms with Gasteiger partial charge in [0.15, 0.2) is 11.0 Å². The molecule has 0 N–H and O–H groups in total. The molecule has 0 aliphatic rings. The fourth-order valence-corrected chi connectivity index (χ4v) is 4.28. The van der Waals surface area contributed by atoms with Crippen LogP contribution in [-0.2, 0) is 7.05 Å². The van der Waals surface area contributed by atoms with Gasteiger partial charge in [0.1, 0.15) is 5.69 Å². The van der Waals surface area contributed by atoms with E-state index in [2.05, 4.69) is 127 Å². The number of aromatic nitrogens is 2. The standard InChI is InChI=1S/C28H25N2/c1-20-14-17-26-27(18-20)29(3)28(30(26)24-12-8-5-9-13-24)25-19-23(16-15-21(25)2)22-10-6-4-7-11-22/h4-19H,1-3H3/q+1. The first-order valence-corrected chi connectivity index (χ1v) is 10.4. The first-order valence-electron chi connectivity index (χ1n) is 10.4. The number of aryl methyl sites for hydroxylation is 3. The lowest BCUT2D eigenvalue weighted by Gasteiger charge is -2.09. The number of hydrogen-bond donors (Lipinski definition) is 0. The summed E-state index contributed by atoms with van der Waals surface area (Å²) in [5.74, 6) is 1.19. The fraction of sp³-hybridized carbons (Fsp3) is 0.107. The SMILES string of the molecule is Cc1ccc2c(c1)[n+](C)c(-c1cc(-c3ccccc3)ccc1C)n2-c1ccccc1. The van der Waals surface area contributed by atoms with Crippen LogP contribution in [0.5, 0.6) is 0 Å². The normalized spacial score (nSPS) is 11.2. The zero-order valence-corrected chi connectivity index (χ0v) is 17.6. The van der Waals surface area contributed by atoms with Crippen LogP contribution in [0.25, 0.3) is 39.2 Å². The van der Waals surface area contributed by atoms with Gasteiger partial charge < -0.3 is 0 Å². The molecule has 1 heterocycles. The summed E-state index contributed by atoms with van der Waals surface area (Å²) in [6.07, 6.45) is 0. The highest BCUT2D eigenvalue weighted by atomic mass is 15.2. The van der Waals surface area contributed by atoms with Crippen molar-refractivity contribution in [3.63, 3.8) is 0 Å². The van der Waals surface area contributed by atoms with Crippen molar-refractivity contribution in [2.75, 3.05) is 0 Å². The van der Waals surface area contributed by atoms with Gasteiger partial charge in [0.05, 0.1) is 12.6 Å². The largest absolute Gasteiger partial charge is 0.295 e. The van der Waals surface area contributed by atoms with E-state index in [1.165, 1.54) is 50.4 Å². The van der Waals surface area contributed by atoms with Crippen LogP contribution in [0, 0.1) is 13.8 Å². The summed E-state index contributed by atoms with van der Waals surface area (Å²) in [4.78, 5) is 0. The Morgan fingerprint density at radius 1 is 0.667 bits per heavy atom. The minimum atomic E-state index is 1.17. The van der Waals surface area contributed by atoms with Gasteiger partial charge in [-0.05, 0) is 66.4 Å². The summed E-state index contributed by atoms with van der Waals surface area (Å²) < 4.78 is 4.71. The molecular weight excluding hydrogens is 364 g/mol. The van der Waals surface area contributed by atoms with Gasteiger partial charge in [-0.15, -0.1) is 0 Å². The summed E-state index contributed by atoms with van der Waals surface area (Å²) in [7, 11) is 2.17. The maximum atomic E-state index is 2.38. The molecule has 0 unspecified atom stereocenters. The van der Waals surface area contributed by atoms with Gasteiger partial charge in [-0.25, -0.2) is 4.57 Å². The van der Waals surface area contributed by atoms with E-state index in [4.69, 9.17) is 0 Å². The Bertz CT molecular complexity index is 1350. The molecule has 0 amide bonds. The van der Waals surface area contributed by atoms with Gasteiger partial charge in [-0.1, -0.05) is 66.7 Å². The van der Waals surface area contributed by atoms with Crippen LogP contribution < -0.4 is 4.57 Å². The number of imidazole rings is 1. The van der Waals surface area contributed by atoms with E-state index in [0.717, 1.165) is 0 Å². The summed E-state index contributed by atoms with van der Waals surface area (Å²) in [6.45, 7) is 4.35. The zero-order valence-electron chi connectivity index (χ0n) is 17.6. The van der Waals surface area contributed by atoms with Crippen LogP contribution in [0.1, 0.15) is 11.1 Å². The minimum absolute atomic E-state index is 1.17. The predicted molar refractivity (Wildman–Crippen MR) is 125 cm³/mol. The molecule has 2 nitrogen and oxygen atoms in total. The number of hydrogen-bond acceptors (Lipinski definition) is 0. The molecule has 0 aliphatic carbocycles. The first-order chi connectivity index (χ1) is 14.6. The average molecular weight is 390 g/mol. The molecule has 5 aromatic rings. The Labute approximate surface area is 177 Å². The first kappa shape index (κ1) is 18.4. The maximum absolute atomic E-state index is 2.38.